The number of amides is 3. The molecule has 3 amide bonds. The Bertz CT molecular complexity index is 1970. The van der Waals surface area contributed by atoms with Crippen LogP contribution < -0.4 is 19.5 Å². The standard InChI is InChI=1S/C37H43N5O7S/c1-22-30(48-3)17-16-27-31(22)38-32(23-11-7-6-8-12-23)39-34(27)49-25-19-28-29(20-25)35(44)42(2)18-10-5-4-9-13-24-21-37(24,40-33(28)43)36(45)41-50(46,47)26-14-15-26/h6-9,11-13,16-17,24-26,28-29H,4-5,10,14-15,18-21H2,1-3H3,(H,40,43)(H,41,45)/b13-9-/t24?,25-,28-,29-,37-/m1/s1. The van der Waals surface area contributed by atoms with Gasteiger partial charge in [0.25, 0.3) is 5.91 Å². The highest BCUT2D eigenvalue weighted by Crippen LogP contribution is 2.47. The molecule has 1 unspecified atom stereocenters. The zero-order valence-electron chi connectivity index (χ0n) is 28.6. The predicted molar refractivity (Wildman–Crippen MR) is 187 cm³/mol. The molecule has 0 radical (unpaired) electrons. The summed E-state index contributed by atoms with van der Waals surface area (Å²) in [6.07, 6.45) is 7.47. The first kappa shape index (κ1) is 34.0. The van der Waals surface area contributed by atoms with Crippen LogP contribution >= 0.6 is 0 Å². The molecule has 4 aliphatic rings. The number of rotatable bonds is 7. The highest BCUT2D eigenvalue weighted by atomic mass is 32.2. The zero-order valence-corrected chi connectivity index (χ0v) is 29.4. The van der Waals surface area contributed by atoms with Gasteiger partial charge in [0.1, 0.15) is 17.4 Å². The SMILES string of the molecule is COc1ccc2c(O[C@@H]3C[C@H]4C(=O)N[C@]5(C(=O)NS(=O)(=O)C6CC6)CC5/C=C\CCCCN(C)C(=O)[C@@H]4C3)nc(-c3ccccc3)nc2c1C. The van der Waals surface area contributed by atoms with Crippen LogP contribution in [0.2, 0.25) is 0 Å². The van der Waals surface area contributed by atoms with E-state index in [1.807, 2.05) is 61.5 Å². The number of allylic oxidation sites excluding steroid dienone is 1. The molecule has 3 aromatic rings. The van der Waals surface area contributed by atoms with E-state index in [0.717, 1.165) is 30.4 Å². The van der Waals surface area contributed by atoms with E-state index in [4.69, 9.17) is 19.4 Å². The first-order chi connectivity index (χ1) is 24.0. The average molecular weight is 702 g/mol. The van der Waals surface area contributed by atoms with Gasteiger partial charge in [-0.25, -0.2) is 13.4 Å². The smallest absolute Gasteiger partial charge is 0.259 e. The van der Waals surface area contributed by atoms with Gasteiger partial charge in [-0.3, -0.25) is 19.1 Å². The number of fused-ring (bicyclic) bond motifs is 3. The van der Waals surface area contributed by atoms with Crippen molar-refractivity contribution in [1.82, 2.24) is 24.9 Å². The van der Waals surface area contributed by atoms with Crippen molar-refractivity contribution in [2.75, 3.05) is 20.7 Å². The van der Waals surface area contributed by atoms with Gasteiger partial charge in [0.2, 0.25) is 27.7 Å². The molecule has 0 bridgehead atoms. The molecule has 2 aromatic carbocycles. The van der Waals surface area contributed by atoms with E-state index in [0.29, 0.717) is 47.7 Å². The third-order valence-corrected chi connectivity index (χ3v) is 12.4. The molecule has 0 saturated heterocycles. The summed E-state index contributed by atoms with van der Waals surface area (Å²) in [5, 5.41) is 3.03. The normalized spacial score (nSPS) is 27.8. The lowest BCUT2D eigenvalue weighted by molar-refractivity contribution is -0.140. The second kappa shape index (κ2) is 13.3. The Hall–Kier alpha value is -4.52. The monoisotopic (exact) mass is 701 g/mol. The summed E-state index contributed by atoms with van der Waals surface area (Å²) in [5.74, 6) is -1.74. The van der Waals surface area contributed by atoms with E-state index in [9.17, 15) is 22.8 Å². The van der Waals surface area contributed by atoms with Crippen LogP contribution in [0.15, 0.2) is 54.6 Å². The van der Waals surface area contributed by atoms with Crippen molar-refractivity contribution in [3.63, 3.8) is 0 Å². The Morgan fingerprint density at radius 1 is 1.04 bits per heavy atom. The van der Waals surface area contributed by atoms with Crippen molar-refractivity contribution >= 4 is 38.6 Å². The minimum absolute atomic E-state index is 0.163. The van der Waals surface area contributed by atoms with Gasteiger partial charge in [-0.1, -0.05) is 42.5 Å². The maximum Gasteiger partial charge on any atom is 0.259 e. The Labute approximate surface area is 292 Å². The predicted octanol–water partition coefficient (Wildman–Crippen LogP) is 4.07. The minimum atomic E-state index is -3.83. The summed E-state index contributed by atoms with van der Waals surface area (Å²) < 4.78 is 39.9. The first-order valence-corrected chi connectivity index (χ1v) is 18.9. The van der Waals surface area contributed by atoms with E-state index < -0.39 is 50.6 Å². The summed E-state index contributed by atoms with van der Waals surface area (Å²) in [6, 6.07) is 13.2. The maximum atomic E-state index is 14.2. The van der Waals surface area contributed by atoms with Gasteiger partial charge in [-0.15, -0.1) is 0 Å². The second-order valence-corrected chi connectivity index (χ2v) is 16.0. The number of sulfonamides is 1. The van der Waals surface area contributed by atoms with Crippen molar-refractivity contribution in [2.45, 2.75) is 75.2 Å². The van der Waals surface area contributed by atoms with Gasteiger partial charge in [0.05, 0.1) is 35.1 Å². The van der Waals surface area contributed by atoms with Gasteiger partial charge in [0.15, 0.2) is 5.82 Å². The Balaban J connectivity index is 1.21. The van der Waals surface area contributed by atoms with Crippen LogP contribution in [0.5, 0.6) is 11.6 Å². The number of nitrogens with one attached hydrogen (secondary N) is 2. The third kappa shape index (κ3) is 6.55. The Kier molecular flexibility index (Phi) is 9.04. The number of carbonyl (C=O) groups excluding carboxylic acids is 3. The summed E-state index contributed by atoms with van der Waals surface area (Å²) in [7, 11) is -0.471. The zero-order chi connectivity index (χ0) is 35.2. The van der Waals surface area contributed by atoms with Crippen molar-refractivity contribution in [2.24, 2.45) is 17.8 Å². The molecule has 7 rings (SSSR count). The number of ether oxygens (including phenoxy) is 2. The van der Waals surface area contributed by atoms with Crippen LogP contribution in [0.1, 0.15) is 56.9 Å². The molecule has 1 aromatic heterocycles. The molecular formula is C37H43N5O7S. The summed E-state index contributed by atoms with van der Waals surface area (Å²) in [5.41, 5.74) is 0.894. The molecule has 1 aliphatic heterocycles. The summed E-state index contributed by atoms with van der Waals surface area (Å²) in [6.45, 7) is 2.47. The first-order valence-electron chi connectivity index (χ1n) is 17.4. The van der Waals surface area contributed by atoms with Gasteiger partial charge in [-0.2, -0.15) is 4.98 Å². The van der Waals surface area contributed by atoms with Gasteiger partial charge in [0, 0.05) is 30.6 Å². The maximum absolute atomic E-state index is 14.2. The van der Waals surface area contributed by atoms with Gasteiger partial charge >= 0.3 is 0 Å². The largest absolute Gasteiger partial charge is 0.496 e. The number of aromatic nitrogens is 2. The number of hydrogen-bond acceptors (Lipinski definition) is 9. The topological polar surface area (TPSA) is 157 Å². The van der Waals surface area contributed by atoms with E-state index in [2.05, 4.69) is 10.0 Å². The van der Waals surface area contributed by atoms with Crippen molar-refractivity contribution in [3.8, 4) is 23.0 Å². The fourth-order valence-electron chi connectivity index (χ4n) is 7.36. The second-order valence-electron chi connectivity index (χ2n) is 14.1. The van der Waals surface area contributed by atoms with Crippen LogP contribution in [0.4, 0.5) is 0 Å². The Morgan fingerprint density at radius 3 is 2.54 bits per heavy atom. The van der Waals surface area contributed by atoms with E-state index in [1.165, 1.54) is 0 Å². The van der Waals surface area contributed by atoms with E-state index in [-0.39, 0.29) is 31.1 Å². The third-order valence-electron chi connectivity index (χ3n) is 10.6. The molecule has 264 valence electrons. The number of carbonyl (C=O) groups is 3. The number of hydrogen-bond donors (Lipinski definition) is 2. The van der Waals surface area contributed by atoms with Crippen LogP contribution in [-0.2, 0) is 24.4 Å². The fraction of sp³-hybridized carbons (Fsp3) is 0.486. The molecule has 12 nitrogen and oxygen atoms in total. The highest BCUT2D eigenvalue weighted by molar-refractivity contribution is 7.91. The molecule has 0 spiro atoms. The molecule has 3 fully saturated rings. The lowest BCUT2D eigenvalue weighted by Crippen LogP contribution is -2.54. The number of aryl methyl sites for hydroxylation is 1. The fourth-order valence-corrected chi connectivity index (χ4v) is 8.73. The summed E-state index contributed by atoms with van der Waals surface area (Å²) in [4.78, 5) is 53.1. The summed E-state index contributed by atoms with van der Waals surface area (Å²) >= 11 is 0. The van der Waals surface area contributed by atoms with Crippen molar-refractivity contribution in [1.29, 1.82) is 0 Å². The van der Waals surface area contributed by atoms with Crippen LogP contribution in [-0.4, -0.2) is 78.6 Å². The molecular weight excluding hydrogens is 659 g/mol. The van der Waals surface area contributed by atoms with E-state index >= 15 is 0 Å². The van der Waals surface area contributed by atoms with Crippen LogP contribution in [0.3, 0.4) is 0 Å². The molecule has 3 saturated carbocycles. The van der Waals surface area contributed by atoms with Gasteiger partial charge < -0.3 is 19.7 Å². The molecule has 13 heteroatoms. The van der Waals surface area contributed by atoms with Crippen molar-refractivity contribution in [3.05, 3.63) is 60.2 Å². The minimum Gasteiger partial charge on any atom is -0.496 e. The van der Waals surface area contributed by atoms with Crippen LogP contribution in [0.25, 0.3) is 22.3 Å². The number of benzene rings is 2. The molecule has 2 N–H and O–H groups in total. The Morgan fingerprint density at radius 2 is 1.80 bits per heavy atom. The number of nitrogens with zero attached hydrogens (tertiary/aromatic N) is 3. The molecule has 3 aliphatic carbocycles. The van der Waals surface area contributed by atoms with Crippen molar-refractivity contribution < 1.29 is 32.3 Å². The number of methoxy groups -OCH3 is 1. The lowest BCUT2D eigenvalue weighted by atomic mass is 9.93. The average Bonchev–Trinajstić information content (AvgIpc) is 4.03. The highest BCUT2D eigenvalue weighted by Gasteiger charge is 2.62. The molecule has 5 atom stereocenters. The van der Waals surface area contributed by atoms with Crippen LogP contribution in [0, 0.1) is 24.7 Å². The molecule has 2 heterocycles. The molecule has 50 heavy (non-hydrogen) atoms. The quantitative estimate of drug-likeness (QED) is 0.347. The van der Waals surface area contributed by atoms with E-state index in [1.54, 1.807) is 19.1 Å². The van der Waals surface area contributed by atoms with Gasteiger partial charge in [-0.05, 0) is 70.4 Å². The lowest BCUT2D eigenvalue weighted by Gasteiger charge is -2.26.